The quantitative estimate of drug-likeness (QED) is 0.631. The van der Waals surface area contributed by atoms with Crippen LogP contribution in [0.5, 0.6) is 0 Å². The molecule has 0 N–H and O–H groups in total. The number of morpholine rings is 1. The van der Waals surface area contributed by atoms with E-state index in [1.807, 2.05) is 19.9 Å². The zero-order chi connectivity index (χ0) is 14.9. The third kappa shape index (κ3) is 3.25. The minimum Gasteiger partial charge on any atom is -0.374 e. The molecule has 112 valence electrons. The summed E-state index contributed by atoms with van der Waals surface area (Å²) >= 11 is 5.92. The summed E-state index contributed by atoms with van der Waals surface area (Å²) in [5.41, 5.74) is 2.80. The molecule has 2 rings (SSSR count). The van der Waals surface area contributed by atoms with Gasteiger partial charge in [0.15, 0.2) is 5.78 Å². The lowest BCUT2D eigenvalue weighted by Crippen LogP contribution is -2.42. The van der Waals surface area contributed by atoms with Crippen LogP contribution in [0.3, 0.4) is 0 Å². The van der Waals surface area contributed by atoms with E-state index in [2.05, 4.69) is 16.5 Å². The SMILES string of the molecule is Cc1cc(C(=O)C(C)Cl)c(C)n1CC1CN(C)CCO1. The first-order valence-corrected chi connectivity index (χ1v) is 7.49. The van der Waals surface area contributed by atoms with E-state index in [-0.39, 0.29) is 11.9 Å². The number of carbonyl (C=O) groups excluding carboxylic acids is 1. The number of nitrogens with zero attached hydrogens (tertiary/aromatic N) is 2. The van der Waals surface area contributed by atoms with Gasteiger partial charge < -0.3 is 14.2 Å². The molecule has 20 heavy (non-hydrogen) atoms. The summed E-state index contributed by atoms with van der Waals surface area (Å²) in [7, 11) is 2.11. The van der Waals surface area contributed by atoms with Gasteiger partial charge in [0, 0.05) is 30.0 Å². The Morgan fingerprint density at radius 2 is 2.25 bits per heavy atom. The molecule has 1 aliphatic heterocycles. The molecular formula is C15H23ClN2O2. The Morgan fingerprint density at radius 3 is 2.85 bits per heavy atom. The van der Waals surface area contributed by atoms with E-state index in [1.165, 1.54) is 0 Å². The van der Waals surface area contributed by atoms with Crippen LogP contribution in [0.15, 0.2) is 6.07 Å². The van der Waals surface area contributed by atoms with E-state index >= 15 is 0 Å². The number of rotatable bonds is 4. The molecule has 1 aromatic rings. The van der Waals surface area contributed by atoms with Gasteiger partial charge in [-0.25, -0.2) is 0 Å². The van der Waals surface area contributed by atoms with Crippen LogP contribution >= 0.6 is 11.6 Å². The van der Waals surface area contributed by atoms with E-state index in [4.69, 9.17) is 16.3 Å². The molecule has 5 heteroatoms. The molecule has 0 radical (unpaired) electrons. The van der Waals surface area contributed by atoms with E-state index in [0.29, 0.717) is 0 Å². The smallest absolute Gasteiger partial charge is 0.182 e. The van der Waals surface area contributed by atoms with Gasteiger partial charge in [0.1, 0.15) is 0 Å². The van der Waals surface area contributed by atoms with Gasteiger partial charge >= 0.3 is 0 Å². The minimum absolute atomic E-state index is 0.00676. The third-order valence-electron chi connectivity index (χ3n) is 3.93. The fourth-order valence-corrected chi connectivity index (χ4v) is 2.84. The number of likely N-dealkylation sites (N-methyl/N-ethyl adjacent to an activating group) is 1. The summed E-state index contributed by atoms with van der Waals surface area (Å²) in [6, 6.07) is 1.93. The summed E-state index contributed by atoms with van der Waals surface area (Å²) in [5.74, 6) is -0.00676. The second-order valence-corrected chi connectivity index (χ2v) is 6.29. The number of alkyl halides is 1. The fourth-order valence-electron chi connectivity index (χ4n) is 2.73. The van der Waals surface area contributed by atoms with Gasteiger partial charge in [-0.15, -0.1) is 11.6 Å². The zero-order valence-electron chi connectivity index (χ0n) is 12.6. The summed E-state index contributed by atoms with van der Waals surface area (Å²) in [6.45, 7) is 9.17. The number of aromatic nitrogens is 1. The van der Waals surface area contributed by atoms with Crippen molar-refractivity contribution >= 4 is 17.4 Å². The zero-order valence-corrected chi connectivity index (χ0v) is 13.4. The number of aryl methyl sites for hydroxylation is 1. The van der Waals surface area contributed by atoms with Gasteiger partial charge in [-0.2, -0.15) is 0 Å². The van der Waals surface area contributed by atoms with Crippen molar-refractivity contribution in [3.63, 3.8) is 0 Å². The molecule has 0 bridgehead atoms. The van der Waals surface area contributed by atoms with Crippen molar-refractivity contribution in [3.05, 3.63) is 23.0 Å². The second-order valence-electron chi connectivity index (χ2n) is 5.63. The molecule has 2 atom stereocenters. The molecule has 4 nitrogen and oxygen atoms in total. The highest BCUT2D eigenvalue weighted by Gasteiger charge is 2.23. The topological polar surface area (TPSA) is 34.5 Å². The first kappa shape index (κ1) is 15.5. The molecule has 1 saturated heterocycles. The van der Waals surface area contributed by atoms with Crippen molar-refractivity contribution in [1.82, 2.24) is 9.47 Å². The number of Topliss-reactive ketones (excluding diaryl/α,β-unsaturated/α-hetero) is 1. The molecule has 0 aliphatic carbocycles. The van der Waals surface area contributed by atoms with Crippen molar-refractivity contribution in [2.24, 2.45) is 0 Å². The van der Waals surface area contributed by atoms with Gasteiger partial charge in [-0.3, -0.25) is 4.79 Å². The first-order valence-electron chi connectivity index (χ1n) is 7.05. The Bertz CT molecular complexity index is 496. The average molecular weight is 299 g/mol. The Morgan fingerprint density at radius 1 is 1.55 bits per heavy atom. The van der Waals surface area contributed by atoms with E-state index in [9.17, 15) is 4.79 Å². The second kappa shape index (κ2) is 6.29. The highest BCUT2D eigenvalue weighted by Crippen LogP contribution is 2.20. The Labute approximate surface area is 125 Å². The van der Waals surface area contributed by atoms with Gasteiger partial charge in [0.05, 0.1) is 24.6 Å². The number of hydrogen-bond acceptors (Lipinski definition) is 3. The predicted molar refractivity (Wildman–Crippen MR) is 80.8 cm³/mol. The van der Waals surface area contributed by atoms with Crippen LogP contribution in [0, 0.1) is 13.8 Å². The summed E-state index contributed by atoms with van der Waals surface area (Å²) < 4.78 is 7.97. The van der Waals surface area contributed by atoms with Crippen molar-refractivity contribution in [2.75, 3.05) is 26.7 Å². The molecule has 0 spiro atoms. The number of hydrogen-bond donors (Lipinski definition) is 0. The fraction of sp³-hybridized carbons (Fsp3) is 0.667. The molecule has 0 aromatic carbocycles. The Balaban J connectivity index is 2.18. The van der Waals surface area contributed by atoms with E-state index in [1.54, 1.807) is 6.92 Å². The number of halogens is 1. The Hall–Kier alpha value is -0.840. The van der Waals surface area contributed by atoms with Crippen LogP contribution in [0.1, 0.15) is 28.7 Å². The van der Waals surface area contributed by atoms with Crippen molar-refractivity contribution in [2.45, 2.75) is 38.8 Å². The molecule has 0 amide bonds. The van der Waals surface area contributed by atoms with Crippen molar-refractivity contribution in [3.8, 4) is 0 Å². The summed E-state index contributed by atoms with van der Waals surface area (Å²) in [6.07, 6.45) is 0.176. The number of ether oxygens (including phenoxy) is 1. The van der Waals surface area contributed by atoms with Crippen LogP contribution in [0.25, 0.3) is 0 Å². The highest BCUT2D eigenvalue weighted by atomic mass is 35.5. The standard InChI is InChI=1S/C15H23ClN2O2/c1-10-7-14(15(19)11(2)16)12(3)18(10)9-13-8-17(4)5-6-20-13/h7,11,13H,5-6,8-9H2,1-4H3. The summed E-state index contributed by atoms with van der Waals surface area (Å²) in [4.78, 5) is 14.4. The molecular weight excluding hydrogens is 276 g/mol. The molecule has 1 fully saturated rings. The van der Waals surface area contributed by atoms with Crippen LogP contribution in [0.2, 0.25) is 0 Å². The summed E-state index contributed by atoms with van der Waals surface area (Å²) in [5, 5.41) is -0.485. The largest absolute Gasteiger partial charge is 0.374 e. The molecule has 1 aromatic heterocycles. The van der Waals surface area contributed by atoms with Crippen LogP contribution in [-0.4, -0.2) is 53.5 Å². The molecule has 2 heterocycles. The maximum atomic E-state index is 12.1. The van der Waals surface area contributed by atoms with Crippen LogP contribution in [0.4, 0.5) is 0 Å². The lowest BCUT2D eigenvalue weighted by molar-refractivity contribution is -0.0278. The molecule has 0 saturated carbocycles. The van der Waals surface area contributed by atoms with Crippen LogP contribution < -0.4 is 0 Å². The predicted octanol–water partition coefficient (Wildman–Crippen LogP) is 2.25. The highest BCUT2D eigenvalue weighted by molar-refractivity contribution is 6.33. The van der Waals surface area contributed by atoms with Gasteiger partial charge in [0.2, 0.25) is 0 Å². The van der Waals surface area contributed by atoms with Gasteiger partial charge in [-0.05, 0) is 33.9 Å². The lowest BCUT2D eigenvalue weighted by Gasteiger charge is -2.31. The minimum atomic E-state index is -0.485. The first-order chi connectivity index (χ1) is 9.40. The monoisotopic (exact) mass is 298 g/mol. The van der Waals surface area contributed by atoms with E-state index in [0.717, 1.165) is 43.2 Å². The molecule has 1 aliphatic rings. The van der Waals surface area contributed by atoms with Gasteiger partial charge in [0.25, 0.3) is 0 Å². The number of ketones is 1. The van der Waals surface area contributed by atoms with Gasteiger partial charge in [-0.1, -0.05) is 0 Å². The maximum Gasteiger partial charge on any atom is 0.182 e. The van der Waals surface area contributed by atoms with E-state index < -0.39 is 5.38 Å². The normalized spacial score (nSPS) is 21.9. The van der Waals surface area contributed by atoms with Crippen LogP contribution in [-0.2, 0) is 11.3 Å². The molecule has 2 unspecified atom stereocenters. The maximum absolute atomic E-state index is 12.1. The van der Waals surface area contributed by atoms with Crippen molar-refractivity contribution < 1.29 is 9.53 Å². The average Bonchev–Trinajstić information content (AvgIpc) is 2.66. The Kier molecular flexibility index (Phi) is 4.89. The third-order valence-corrected chi connectivity index (χ3v) is 4.13. The van der Waals surface area contributed by atoms with Crippen molar-refractivity contribution in [1.29, 1.82) is 0 Å². The number of carbonyl (C=O) groups is 1. The lowest BCUT2D eigenvalue weighted by atomic mass is 10.1.